The molecule has 15 heteroatoms. The molecule has 1 aliphatic carbocycles. The van der Waals surface area contributed by atoms with Crippen molar-refractivity contribution in [2.75, 3.05) is 29.7 Å². The number of ether oxygens (including phenoxy) is 2. The molecule has 1 saturated carbocycles. The first-order valence-electron chi connectivity index (χ1n) is 15.1. The van der Waals surface area contributed by atoms with Gasteiger partial charge in [-0.25, -0.2) is 31.6 Å². The first-order chi connectivity index (χ1) is 22.5. The van der Waals surface area contributed by atoms with Crippen LogP contribution < -0.4 is 14.8 Å². The van der Waals surface area contributed by atoms with E-state index >= 15 is 13.2 Å². The Bertz CT molecular complexity index is 2020. The fourth-order valence-corrected chi connectivity index (χ4v) is 7.72. The zero-order valence-corrected chi connectivity index (χ0v) is 26.6. The number of hydrogen-bond acceptors (Lipinski definition) is 9. The normalized spacial score (nSPS) is 18.5. The van der Waals surface area contributed by atoms with Gasteiger partial charge < -0.3 is 19.7 Å². The first-order valence-corrected chi connectivity index (χ1v) is 16.9. The molecular weight excluding hydrogens is 659 g/mol. The predicted octanol–water partition coefficient (Wildman–Crippen LogP) is 6.20. The van der Waals surface area contributed by atoms with E-state index in [1.807, 2.05) is 0 Å². The monoisotopic (exact) mass is 687 g/mol. The molecule has 1 aromatic heterocycles. The summed E-state index contributed by atoms with van der Waals surface area (Å²) in [6, 6.07) is 7.70. The van der Waals surface area contributed by atoms with Crippen molar-refractivity contribution in [3.63, 3.8) is 0 Å². The van der Waals surface area contributed by atoms with Gasteiger partial charge in [0.15, 0.2) is 11.9 Å². The van der Waals surface area contributed by atoms with Crippen molar-refractivity contribution >= 4 is 50.1 Å². The summed E-state index contributed by atoms with van der Waals surface area (Å²) in [5.41, 5.74) is -1.42. The number of nitrogens with zero attached hydrogens (tertiary/aromatic N) is 3. The Morgan fingerprint density at radius 2 is 1.83 bits per heavy atom. The van der Waals surface area contributed by atoms with E-state index in [4.69, 9.17) is 21.1 Å². The third-order valence-corrected chi connectivity index (χ3v) is 10.2. The number of rotatable bonds is 8. The average Bonchev–Trinajstić information content (AvgIpc) is 3.81. The number of nitrogens with one attached hydrogen (secondary N) is 2. The molecule has 1 atom stereocenters. The highest BCUT2D eigenvalue weighted by Crippen LogP contribution is 2.43. The summed E-state index contributed by atoms with van der Waals surface area (Å²) in [4.78, 5) is 22.2. The molecule has 10 nitrogen and oxygen atoms in total. The summed E-state index contributed by atoms with van der Waals surface area (Å²) < 4.78 is 86.6. The lowest BCUT2D eigenvalue weighted by Gasteiger charge is -2.32. The molecule has 2 fully saturated rings. The van der Waals surface area contributed by atoms with Crippen LogP contribution in [0.15, 0.2) is 47.5 Å². The van der Waals surface area contributed by atoms with Gasteiger partial charge in [-0.2, -0.15) is 0 Å². The highest BCUT2D eigenvalue weighted by atomic mass is 35.5. The van der Waals surface area contributed by atoms with Crippen molar-refractivity contribution in [3.05, 3.63) is 70.6 Å². The number of esters is 1. The van der Waals surface area contributed by atoms with Crippen molar-refractivity contribution in [1.29, 1.82) is 0 Å². The van der Waals surface area contributed by atoms with Crippen LogP contribution in [0, 0.1) is 17.5 Å². The van der Waals surface area contributed by atoms with E-state index in [0.29, 0.717) is 12.0 Å². The van der Waals surface area contributed by atoms with Crippen LogP contribution in [-0.2, 0) is 19.6 Å². The highest BCUT2D eigenvalue weighted by molar-refractivity contribution is 7.92. The molecular formula is C32H29ClF3N5O5S. The SMILES string of the molecule is CC(=O)O[C@@H]1COc2c1cc(Cl)cc2S(=O)(=O)Nc1ccc(F)c(-c2ccc3nc(NC4CCN(C5CC5)CC4)ncc3c2F)c1F. The second kappa shape index (κ2) is 12.1. The van der Waals surface area contributed by atoms with Gasteiger partial charge in [0.25, 0.3) is 10.0 Å². The number of carbonyl (C=O) groups excluding carboxylic acids is 1. The molecule has 0 bridgehead atoms. The molecule has 2 aliphatic heterocycles. The minimum absolute atomic E-state index is 0.00943. The smallest absolute Gasteiger partial charge is 0.303 e. The largest absolute Gasteiger partial charge is 0.487 e. The molecule has 3 aromatic carbocycles. The summed E-state index contributed by atoms with van der Waals surface area (Å²) in [5.74, 6) is -3.84. The third kappa shape index (κ3) is 6.17. The minimum Gasteiger partial charge on any atom is -0.487 e. The van der Waals surface area contributed by atoms with Crippen LogP contribution >= 0.6 is 11.6 Å². The predicted molar refractivity (Wildman–Crippen MR) is 168 cm³/mol. The quantitative estimate of drug-likeness (QED) is 0.208. The molecule has 3 aliphatic rings. The molecule has 246 valence electrons. The zero-order valence-electron chi connectivity index (χ0n) is 25.0. The number of carbonyl (C=O) groups is 1. The van der Waals surface area contributed by atoms with Gasteiger partial charge in [-0.05, 0) is 62.1 Å². The van der Waals surface area contributed by atoms with Crippen molar-refractivity contribution in [1.82, 2.24) is 14.9 Å². The summed E-state index contributed by atoms with van der Waals surface area (Å²) in [5, 5.41) is 3.24. The number of anilines is 2. The van der Waals surface area contributed by atoms with E-state index in [1.54, 1.807) is 0 Å². The standard InChI is InChI=1S/C32H29ClF3N5O5S/c1-16(42)46-26-15-45-31-21(26)12-17(33)13-27(31)47(43,44)40-25-7-5-23(34)28(30(25)36)20-4-6-24-22(29(20)35)14-37-32(39-24)38-18-8-10-41(11-9-18)19-2-3-19/h4-7,12-14,18-19,26,40H,2-3,8-11,15H2,1H3,(H,37,38,39)/t26-/m1/s1. The number of likely N-dealkylation sites (tertiary alicyclic amines) is 1. The van der Waals surface area contributed by atoms with Gasteiger partial charge in [-0.3, -0.25) is 9.52 Å². The summed E-state index contributed by atoms with van der Waals surface area (Å²) >= 11 is 6.17. The van der Waals surface area contributed by atoms with E-state index in [0.717, 1.165) is 44.1 Å². The van der Waals surface area contributed by atoms with Gasteiger partial charge >= 0.3 is 5.97 Å². The van der Waals surface area contributed by atoms with Gasteiger partial charge in [0.05, 0.1) is 22.2 Å². The minimum atomic E-state index is -4.60. The van der Waals surface area contributed by atoms with E-state index in [2.05, 4.69) is 24.9 Å². The number of halogens is 4. The fourth-order valence-electron chi connectivity index (χ4n) is 6.17. The summed E-state index contributed by atoms with van der Waals surface area (Å²) in [7, 11) is -4.60. The molecule has 0 spiro atoms. The van der Waals surface area contributed by atoms with Gasteiger partial charge in [0.2, 0.25) is 5.95 Å². The third-order valence-electron chi connectivity index (χ3n) is 8.60. The Kier molecular flexibility index (Phi) is 8.13. The number of benzene rings is 3. The van der Waals surface area contributed by atoms with E-state index in [-0.39, 0.29) is 39.9 Å². The number of piperidine rings is 1. The first kappa shape index (κ1) is 31.5. The maximum Gasteiger partial charge on any atom is 0.303 e. The molecule has 7 rings (SSSR count). The summed E-state index contributed by atoms with van der Waals surface area (Å²) in [6.45, 7) is 3.02. The fraction of sp³-hybridized carbons (Fsp3) is 0.344. The molecule has 0 amide bonds. The Labute approximate surface area is 273 Å². The Morgan fingerprint density at radius 1 is 1.06 bits per heavy atom. The van der Waals surface area contributed by atoms with Crippen LogP contribution in [0.5, 0.6) is 5.75 Å². The van der Waals surface area contributed by atoms with E-state index < -0.39 is 61.3 Å². The van der Waals surface area contributed by atoms with E-state index in [1.165, 1.54) is 44.2 Å². The number of fused-ring (bicyclic) bond motifs is 2. The second-order valence-electron chi connectivity index (χ2n) is 11.9. The van der Waals surface area contributed by atoms with Crippen LogP contribution in [0.4, 0.5) is 24.8 Å². The number of sulfonamides is 1. The van der Waals surface area contributed by atoms with Gasteiger partial charge in [-0.15, -0.1) is 0 Å². The van der Waals surface area contributed by atoms with Crippen LogP contribution in [0.25, 0.3) is 22.0 Å². The Balaban J connectivity index is 1.16. The van der Waals surface area contributed by atoms with Crippen molar-refractivity contribution in [3.8, 4) is 16.9 Å². The van der Waals surface area contributed by atoms with Gasteiger partial charge in [-0.1, -0.05) is 11.6 Å². The van der Waals surface area contributed by atoms with Gasteiger partial charge in [0.1, 0.15) is 28.9 Å². The topological polar surface area (TPSA) is 123 Å². The molecule has 3 heterocycles. The maximum atomic E-state index is 15.9. The number of hydrogen-bond donors (Lipinski definition) is 2. The summed E-state index contributed by atoms with van der Waals surface area (Å²) in [6.07, 6.45) is 4.74. The Morgan fingerprint density at radius 3 is 2.55 bits per heavy atom. The molecule has 4 aromatic rings. The van der Waals surface area contributed by atoms with Crippen LogP contribution in [-0.4, -0.2) is 61.0 Å². The molecule has 47 heavy (non-hydrogen) atoms. The lowest BCUT2D eigenvalue weighted by atomic mass is 10.0. The lowest BCUT2D eigenvalue weighted by molar-refractivity contribution is -0.147. The Hall–Kier alpha value is -4.14. The van der Waals surface area contributed by atoms with Gasteiger partial charge in [0, 0.05) is 54.4 Å². The van der Waals surface area contributed by atoms with Crippen molar-refractivity contribution < 1.29 is 35.9 Å². The lowest BCUT2D eigenvalue weighted by Crippen LogP contribution is -2.40. The molecule has 0 unspecified atom stereocenters. The average molecular weight is 688 g/mol. The molecule has 1 saturated heterocycles. The second-order valence-corrected chi connectivity index (χ2v) is 13.9. The van der Waals surface area contributed by atoms with Crippen molar-refractivity contribution in [2.24, 2.45) is 0 Å². The number of aromatic nitrogens is 2. The molecule has 0 radical (unpaired) electrons. The van der Waals surface area contributed by atoms with Crippen LogP contribution in [0.1, 0.15) is 44.3 Å². The molecule has 2 N–H and O–H groups in total. The highest BCUT2D eigenvalue weighted by Gasteiger charge is 2.35. The zero-order chi connectivity index (χ0) is 33.0. The maximum absolute atomic E-state index is 15.9. The van der Waals surface area contributed by atoms with Crippen molar-refractivity contribution in [2.45, 2.75) is 55.7 Å². The van der Waals surface area contributed by atoms with Crippen LogP contribution in [0.2, 0.25) is 5.02 Å². The van der Waals surface area contributed by atoms with E-state index in [9.17, 15) is 13.2 Å². The van der Waals surface area contributed by atoms with Crippen LogP contribution in [0.3, 0.4) is 0 Å².